The van der Waals surface area contributed by atoms with Crippen molar-refractivity contribution in [2.45, 2.75) is 19.4 Å². The molecule has 1 fully saturated rings. The van der Waals surface area contributed by atoms with Crippen molar-refractivity contribution in [3.8, 4) is 17.2 Å². The summed E-state index contributed by atoms with van der Waals surface area (Å²) in [5.41, 5.74) is 8.74. The molecule has 0 unspecified atom stereocenters. The Morgan fingerprint density at radius 3 is 2.36 bits per heavy atom. The van der Waals surface area contributed by atoms with E-state index in [1.54, 1.807) is 5.01 Å². The minimum absolute atomic E-state index is 0.381. The zero-order valence-electron chi connectivity index (χ0n) is 19.4. The van der Waals surface area contributed by atoms with Gasteiger partial charge in [0.15, 0.2) is 5.84 Å². The number of rotatable bonds is 3. The fraction of sp³-hybridized carbons (Fsp3) is 0.320. The summed E-state index contributed by atoms with van der Waals surface area (Å²) < 4.78 is 2.12. The molecule has 0 atom stereocenters. The van der Waals surface area contributed by atoms with E-state index in [1.807, 2.05) is 57.7 Å². The van der Waals surface area contributed by atoms with Crippen molar-refractivity contribution < 1.29 is 0 Å². The second-order valence-electron chi connectivity index (χ2n) is 8.20. The first-order valence-corrected chi connectivity index (χ1v) is 11.2. The number of hydrogen-bond acceptors (Lipinski definition) is 6. The van der Waals surface area contributed by atoms with E-state index in [1.165, 1.54) is 12.8 Å². The highest BCUT2D eigenvalue weighted by Crippen LogP contribution is 2.32. The highest BCUT2D eigenvalue weighted by atomic mass is 15.5. The number of hydrogen-bond donors (Lipinski definition) is 3. The fourth-order valence-electron chi connectivity index (χ4n) is 4.31. The molecular weight excluding hydrogens is 412 g/mol. The first-order chi connectivity index (χ1) is 16.1. The van der Waals surface area contributed by atoms with E-state index in [4.69, 9.17) is 10.7 Å². The molecule has 0 spiro atoms. The van der Waals surface area contributed by atoms with Gasteiger partial charge in [0.2, 0.25) is 0 Å². The van der Waals surface area contributed by atoms with Gasteiger partial charge in [0.05, 0.1) is 35.8 Å². The predicted molar refractivity (Wildman–Crippen MR) is 133 cm³/mol. The lowest BCUT2D eigenvalue weighted by atomic mass is 10.1. The Bertz CT molecular complexity index is 1170. The van der Waals surface area contributed by atoms with Crippen LogP contribution in [0.4, 0.5) is 11.5 Å². The van der Waals surface area contributed by atoms with Crippen LogP contribution in [-0.4, -0.2) is 49.6 Å². The Kier molecular flexibility index (Phi) is 6.73. The van der Waals surface area contributed by atoms with E-state index in [-0.39, 0.29) is 0 Å². The molecule has 0 bridgehead atoms. The third kappa shape index (κ3) is 4.46. The van der Waals surface area contributed by atoms with Gasteiger partial charge in [0.1, 0.15) is 5.82 Å². The molecule has 0 radical (unpaired) electrons. The minimum Gasteiger partial charge on any atom is -0.357 e. The summed E-state index contributed by atoms with van der Waals surface area (Å²) in [5, 5.41) is 22.4. The van der Waals surface area contributed by atoms with E-state index >= 15 is 0 Å². The van der Waals surface area contributed by atoms with Crippen LogP contribution < -0.4 is 20.7 Å². The van der Waals surface area contributed by atoms with Crippen molar-refractivity contribution in [3.63, 3.8) is 0 Å². The summed E-state index contributed by atoms with van der Waals surface area (Å²) in [5.74, 6) is 1.39. The quantitative estimate of drug-likeness (QED) is 0.577. The molecule has 5 rings (SSSR count). The molecule has 3 aromatic rings. The number of anilines is 2. The van der Waals surface area contributed by atoms with Gasteiger partial charge in [0.25, 0.3) is 0 Å². The second kappa shape index (κ2) is 9.86. The van der Waals surface area contributed by atoms with Gasteiger partial charge in [-0.3, -0.25) is 10.4 Å². The van der Waals surface area contributed by atoms with Crippen LogP contribution in [0.25, 0.3) is 11.1 Å². The standard InChI is InChI=1S/C23H23N7.C2H7N/c1-26-30-21-13-27-22(28-8-2-3-9-28)11-19(21)15-29-14-18(10-20(29)23(30)25)17-6-4-16(12-24)5-7-17;1-3-2/h4-7,10-11,13-14,25-26H,2-3,8-9,15H2,1H3;3H,1-2H3. The number of amidine groups is 1. The van der Waals surface area contributed by atoms with Crippen molar-refractivity contribution in [3.05, 3.63) is 65.6 Å². The zero-order chi connectivity index (χ0) is 23.4. The summed E-state index contributed by atoms with van der Waals surface area (Å²) in [6.07, 6.45) is 6.38. The number of aromatic nitrogens is 2. The topological polar surface area (TPSA) is 96.0 Å². The van der Waals surface area contributed by atoms with Gasteiger partial charge in [-0.1, -0.05) is 12.1 Å². The van der Waals surface area contributed by atoms with E-state index in [0.717, 1.165) is 47.0 Å². The monoisotopic (exact) mass is 442 g/mol. The number of benzene rings is 1. The maximum atomic E-state index is 9.04. The largest absolute Gasteiger partial charge is 0.357 e. The van der Waals surface area contributed by atoms with E-state index in [2.05, 4.69) is 43.5 Å². The van der Waals surface area contributed by atoms with Crippen molar-refractivity contribution in [2.24, 2.45) is 0 Å². The van der Waals surface area contributed by atoms with Gasteiger partial charge < -0.3 is 14.8 Å². The Labute approximate surface area is 194 Å². The number of nitrogens with zero attached hydrogens (tertiary/aromatic N) is 5. The third-order valence-electron chi connectivity index (χ3n) is 5.90. The second-order valence-corrected chi connectivity index (χ2v) is 8.20. The molecule has 3 N–H and O–H groups in total. The summed E-state index contributed by atoms with van der Waals surface area (Å²) in [6.45, 7) is 2.77. The molecule has 4 heterocycles. The molecule has 8 heteroatoms. The van der Waals surface area contributed by atoms with E-state index in [0.29, 0.717) is 17.9 Å². The zero-order valence-corrected chi connectivity index (χ0v) is 19.4. The van der Waals surface area contributed by atoms with Gasteiger partial charge in [-0.2, -0.15) is 5.26 Å². The minimum atomic E-state index is 0.381. The smallest absolute Gasteiger partial charge is 0.164 e. The van der Waals surface area contributed by atoms with Crippen molar-refractivity contribution in [1.82, 2.24) is 20.3 Å². The molecule has 1 saturated heterocycles. The van der Waals surface area contributed by atoms with Gasteiger partial charge in [-0.05, 0) is 56.8 Å². The average molecular weight is 443 g/mol. The lowest BCUT2D eigenvalue weighted by molar-refractivity contribution is 0.801. The molecule has 8 nitrogen and oxygen atoms in total. The van der Waals surface area contributed by atoms with Crippen LogP contribution in [0.15, 0.2) is 48.8 Å². The summed E-state index contributed by atoms with van der Waals surface area (Å²) in [4.78, 5) is 7.02. The van der Waals surface area contributed by atoms with Gasteiger partial charge in [0, 0.05) is 37.5 Å². The fourth-order valence-corrected chi connectivity index (χ4v) is 4.31. The molecule has 0 saturated carbocycles. The average Bonchev–Trinajstić information content (AvgIpc) is 3.50. The third-order valence-corrected chi connectivity index (χ3v) is 5.90. The molecule has 170 valence electrons. The Morgan fingerprint density at radius 1 is 1.03 bits per heavy atom. The molecule has 1 aromatic carbocycles. The van der Waals surface area contributed by atoms with E-state index < -0.39 is 0 Å². The number of fused-ring (bicyclic) bond motifs is 2. The number of pyridine rings is 1. The Balaban J connectivity index is 0.000000821. The first-order valence-electron chi connectivity index (χ1n) is 11.2. The van der Waals surface area contributed by atoms with Gasteiger partial charge >= 0.3 is 0 Å². The molecule has 2 aliphatic rings. The van der Waals surface area contributed by atoms with Crippen LogP contribution in [0.1, 0.15) is 29.7 Å². The maximum Gasteiger partial charge on any atom is 0.164 e. The van der Waals surface area contributed by atoms with Gasteiger partial charge in [-0.15, -0.1) is 0 Å². The predicted octanol–water partition coefficient (Wildman–Crippen LogP) is 3.19. The molecule has 33 heavy (non-hydrogen) atoms. The van der Waals surface area contributed by atoms with E-state index in [9.17, 15) is 0 Å². The number of nitrogens with one attached hydrogen (secondary N) is 3. The van der Waals surface area contributed by atoms with Crippen LogP contribution in [0, 0.1) is 16.7 Å². The number of hydrazine groups is 1. The molecular formula is C25H30N8. The number of nitriles is 1. The van der Waals surface area contributed by atoms with Crippen LogP contribution in [-0.2, 0) is 6.54 Å². The maximum absolute atomic E-state index is 9.04. The molecule has 2 aliphatic heterocycles. The normalized spacial score (nSPS) is 14.7. The van der Waals surface area contributed by atoms with Crippen LogP contribution >= 0.6 is 0 Å². The molecule has 0 amide bonds. The van der Waals surface area contributed by atoms with Gasteiger partial charge in [-0.25, -0.2) is 10.4 Å². The summed E-state index contributed by atoms with van der Waals surface area (Å²) in [7, 11) is 5.58. The highest BCUT2D eigenvalue weighted by molar-refractivity contribution is 6.08. The Hall–Kier alpha value is -3.67. The van der Waals surface area contributed by atoms with Crippen LogP contribution in [0.2, 0.25) is 0 Å². The molecule has 2 aromatic heterocycles. The summed E-state index contributed by atoms with van der Waals surface area (Å²) >= 11 is 0. The lowest BCUT2D eigenvalue weighted by Gasteiger charge is -2.24. The van der Waals surface area contributed by atoms with Crippen molar-refractivity contribution in [2.75, 3.05) is 44.1 Å². The molecule has 0 aliphatic carbocycles. The SMILES string of the molecule is CNC.CNN1C(=N)c2cc(-c3ccc(C#N)cc3)cn2Cc2cc(N3CCCC3)ncc21. The summed E-state index contributed by atoms with van der Waals surface area (Å²) in [6, 6.07) is 13.9. The lowest BCUT2D eigenvalue weighted by Crippen LogP contribution is -2.41. The Morgan fingerprint density at radius 2 is 1.73 bits per heavy atom. The van der Waals surface area contributed by atoms with Crippen molar-refractivity contribution >= 4 is 17.3 Å². The van der Waals surface area contributed by atoms with Crippen molar-refractivity contribution in [1.29, 1.82) is 10.7 Å². The first kappa shape index (κ1) is 22.5. The van der Waals surface area contributed by atoms with Crippen LogP contribution in [0.3, 0.4) is 0 Å². The highest BCUT2D eigenvalue weighted by Gasteiger charge is 2.26. The van der Waals surface area contributed by atoms with Crippen LogP contribution in [0.5, 0.6) is 0 Å².